The Kier molecular flexibility index (Phi) is 5.19. The van der Waals surface area contributed by atoms with E-state index < -0.39 is 17.7 Å². The van der Waals surface area contributed by atoms with Crippen molar-refractivity contribution >= 4 is 23.5 Å². The highest BCUT2D eigenvalue weighted by molar-refractivity contribution is 6.22. The van der Waals surface area contributed by atoms with Crippen molar-refractivity contribution in [2.45, 2.75) is 32.7 Å². The molecule has 1 aliphatic heterocycles. The quantitative estimate of drug-likeness (QED) is 0.646. The van der Waals surface area contributed by atoms with E-state index in [4.69, 9.17) is 0 Å². The highest BCUT2D eigenvalue weighted by Gasteiger charge is 2.36. The van der Waals surface area contributed by atoms with E-state index in [9.17, 15) is 14.4 Å². The molecule has 158 valence electrons. The number of rotatable bonds is 5. The van der Waals surface area contributed by atoms with Gasteiger partial charge in [0.05, 0.1) is 23.4 Å². The second-order valence-corrected chi connectivity index (χ2v) is 8.60. The molecule has 2 aromatic carbocycles. The van der Waals surface area contributed by atoms with Crippen molar-refractivity contribution in [3.63, 3.8) is 0 Å². The molecule has 0 saturated carbocycles. The summed E-state index contributed by atoms with van der Waals surface area (Å²) >= 11 is 0. The van der Waals surface area contributed by atoms with Crippen LogP contribution in [0, 0.1) is 0 Å². The first-order valence-electron chi connectivity index (χ1n) is 10.1. The van der Waals surface area contributed by atoms with E-state index in [1.165, 1.54) is 0 Å². The summed E-state index contributed by atoms with van der Waals surface area (Å²) in [5.41, 5.74) is 2.32. The minimum atomic E-state index is -0.455. The summed E-state index contributed by atoms with van der Waals surface area (Å²) in [4.78, 5) is 38.8. The lowest BCUT2D eigenvalue weighted by molar-refractivity contribution is -0.116. The van der Waals surface area contributed by atoms with Crippen LogP contribution in [0.5, 0.6) is 0 Å². The van der Waals surface area contributed by atoms with Gasteiger partial charge >= 0.3 is 0 Å². The fourth-order valence-electron chi connectivity index (χ4n) is 3.47. The highest BCUT2D eigenvalue weighted by Crippen LogP contribution is 2.25. The molecule has 0 saturated heterocycles. The molecule has 0 spiro atoms. The number of amides is 3. The molecule has 0 radical (unpaired) electrons. The number of nitrogens with zero attached hydrogens (tertiary/aromatic N) is 3. The van der Waals surface area contributed by atoms with Gasteiger partial charge in [0, 0.05) is 11.5 Å². The largest absolute Gasteiger partial charge is 0.309 e. The molecule has 2 heterocycles. The van der Waals surface area contributed by atoms with Gasteiger partial charge in [-0.2, -0.15) is 5.10 Å². The molecule has 1 aliphatic rings. The van der Waals surface area contributed by atoms with E-state index in [0.29, 0.717) is 23.5 Å². The van der Waals surface area contributed by atoms with Crippen molar-refractivity contribution in [2.75, 3.05) is 11.9 Å². The fraction of sp³-hybridized carbons (Fsp3) is 0.250. The van der Waals surface area contributed by atoms with Crippen molar-refractivity contribution in [1.82, 2.24) is 14.7 Å². The smallest absolute Gasteiger partial charge is 0.262 e. The molecule has 3 amide bonds. The molecule has 1 N–H and O–H groups in total. The number of nitrogens with one attached hydrogen (secondary N) is 1. The molecule has 0 atom stereocenters. The Balaban J connectivity index is 1.54. The van der Waals surface area contributed by atoms with Crippen LogP contribution < -0.4 is 5.32 Å². The second-order valence-electron chi connectivity index (χ2n) is 8.60. The van der Waals surface area contributed by atoms with E-state index in [2.05, 4.69) is 10.4 Å². The van der Waals surface area contributed by atoms with Crippen LogP contribution in [0.4, 0.5) is 5.82 Å². The average Bonchev–Trinajstić information content (AvgIpc) is 3.24. The number of hydrogen-bond donors (Lipinski definition) is 1. The molecule has 31 heavy (non-hydrogen) atoms. The molecule has 3 aromatic rings. The third kappa shape index (κ3) is 4.12. The summed E-state index contributed by atoms with van der Waals surface area (Å²) in [6, 6.07) is 18.2. The van der Waals surface area contributed by atoms with Gasteiger partial charge in [0.2, 0.25) is 5.91 Å². The molecular formula is C24H24N4O3. The predicted octanol–water partition coefficient (Wildman–Crippen LogP) is 3.46. The molecule has 1 aromatic heterocycles. The lowest BCUT2D eigenvalue weighted by atomic mass is 9.92. The zero-order valence-corrected chi connectivity index (χ0v) is 17.8. The lowest BCUT2D eigenvalue weighted by Crippen LogP contribution is -2.37. The SMILES string of the molecule is CC(C)(C)c1cc(NC(=O)CN2C(=O)c3ccccc3C2=O)n(Cc2ccccc2)n1. The number of aromatic nitrogens is 2. The van der Waals surface area contributed by atoms with Crippen molar-refractivity contribution in [1.29, 1.82) is 0 Å². The number of carbonyl (C=O) groups is 3. The van der Waals surface area contributed by atoms with Gasteiger partial charge in [0.15, 0.2) is 0 Å². The van der Waals surface area contributed by atoms with Crippen LogP contribution in [0.25, 0.3) is 0 Å². The minimum absolute atomic E-state index is 0.204. The van der Waals surface area contributed by atoms with Crippen LogP contribution in [-0.4, -0.2) is 38.9 Å². The number of hydrogen-bond acceptors (Lipinski definition) is 4. The van der Waals surface area contributed by atoms with Gasteiger partial charge in [-0.3, -0.25) is 19.3 Å². The Hall–Kier alpha value is -3.74. The number of anilines is 1. The van der Waals surface area contributed by atoms with Gasteiger partial charge in [-0.1, -0.05) is 63.2 Å². The predicted molar refractivity (Wildman–Crippen MR) is 117 cm³/mol. The van der Waals surface area contributed by atoms with Crippen LogP contribution in [0.2, 0.25) is 0 Å². The standard InChI is InChI=1S/C24H24N4O3/c1-24(2,3)19-13-20(28(26-19)14-16-9-5-4-6-10-16)25-21(29)15-27-22(30)17-11-7-8-12-18(17)23(27)31/h4-13H,14-15H2,1-3H3,(H,25,29). The highest BCUT2D eigenvalue weighted by atomic mass is 16.2. The fourth-order valence-corrected chi connectivity index (χ4v) is 3.47. The number of fused-ring (bicyclic) bond motifs is 1. The van der Waals surface area contributed by atoms with Gasteiger partial charge in [-0.25, -0.2) is 4.68 Å². The molecular weight excluding hydrogens is 392 g/mol. The lowest BCUT2D eigenvalue weighted by Gasteiger charge is -2.14. The van der Waals surface area contributed by atoms with E-state index in [1.807, 2.05) is 57.2 Å². The summed E-state index contributed by atoms with van der Waals surface area (Å²) in [6.07, 6.45) is 0. The Morgan fingerprint density at radius 2 is 1.52 bits per heavy atom. The van der Waals surface area contributed by atoms with Crippen molar-refractivity contribution in [3.8, 4) is 0 Å². The Bertz CT molecular complexity index is 1120. The molecule has 0 aliphatic carbocycles. The maximum atomic E-state index is 12.8. The maximum Gasteiger partial charge on any atom is 0.262 e. The normalized spacial score (nSPS) is 13.5. The molecule has 7 nitrogen and oxygen atoms in total. The Labute approximate surface area is 180 Å². The van der Waals surface area contributed by atoms with Gasteiger partial charge in [-0.05, 0) is 17.7 Å². The Morgan fingerprint density at radius 1 is 0.935 bits per heavy atom. The van der Waals surface area contributed by atoms with Crippen LogP contribution >= 0.6 is 0 Å². The van der Waals surface area contributed by atoms with E-state index in [-0.39, 0.29) is 12.0 Å². The third-order valence-electron chi connectivity index (χ3n) is 5.17. The molecule has 7 heteroatoms. The Morgan fingerprint density at radius 3 is 2.10 bits per heavy atom. The molecule has 0 fully saturated rings. The summed E-state index contributed by atoms with van der Waals surface area (Å²) in [5, 5.41) is 7.51. The first-order valence-corrected chi connectivity index (χ1v) is 10.1. The van der Waals surface area contributed by atoms with Crippen molar-refractivity contribution in [2.24, 2.45) is 0 Å². The van der Waals surface area contributed by atoms with Crippen LogP contribution in [0.3, 0.4) is 0 Å². The first kappa shape index (κ1) is 20.5. The van der Waals surface area contributed by atoms with E-state index in [1.54, 1.807) is 28.9 Å². The van der Waals surface area contributed by atoms with Crippen LogP contribution in [0.1, 0.15) is 52.7 Å². The average molecular weight is 416 g/mol. The second kappa shape index (κ2) is 7.83. The van der Waals surface area contributed by atoms with Gasteiger partial charge in [-0.15, -0.1) is 0 Å². The molecule has 0 unspecified atom stereocenters. The van der Waals surface area contributed by atoms with Gasteiger partial charge in [0.1, 0.15) is 12.4 Å². The molecule has 4 rings (SSSR count). The number of benzene rings is 2. The monoisotopic (exact) mass is 416 g/mol. The van der Waals surface area contributed by atoms with E-state index in [0.717, 1.165) is 16.2 Å². The van der Waals surface area contributed by atoms with E-state index >= 15 is 0 Å². The minimum Gasteiger partial charge on any atom is -0.309 e. The van der Waals surface area contributed by atoms with Crippen molar-refractivity contribution < 1.29 is 14.4 Å². The summed E-state index contributed by atoms with van der Waals surface area (Å²) in [5.74, 6) is -0.840. The summed E-state index contributed by atoms with van der Waals surface area (Å²) < 4.78 is 1.73. The number of carbonyl (C=O) groups excluding carboxylic acids is 3. The van der Waals surface area contributed by atoms with Gasteiger partial charge in [0.25, 0.3) is 11.8 Å². The maximum absolute atomic E-state index is 12.8. The molecule has 0 bridgehead atoms. The third-order valence-corrected chi connectivity index (χ3v) is 5.17. The van der Waals surface area contributed by atoms with Crippen LogP contribution in [0.15, 0.2) is 60.7 Å². The zero-order chi connectivity index (χ0) is 22.2. The first-order chi connectivity index (χ1) is 14.7. The number of imide groups is 1. The zero-order valence-electron chi connectivity index (χ0n) is 17.8. The van der Waals surface area contributed by atoms with Crippen molar-refractivity contribution in [3.05, 3.63) is 83.0 Å². The summed E-state index contributed by atoms with van der Waals surface area (Å²) in [7, 11) is 0. The van der Waals surface area contributed by atoms with Crippen LogP contribution in [-0.2, 0) is 16.8 Å². The topological polar surface area (TPSA) is 84.3 Å². The summed E-state index contributed by atoms with van der Waals surface area (Å²) in [6.45, 7) is 6.28. The van der Waals surface area contributed by atoms with Gasteiger partial charge < -0.3 is 5.32 Å².